The molecule has 0 saturated carbocycles. The van der Waals surface area contributed by atoms with Crippen LogP contribution >= 0.6 is 45.8 Å². The molecule has 0 bridgehead atoms. The van der Waals surface area contributed by atoms with E-state index < -0.39 is 12.1 Å². The number of aromatic nitrogens is 2. The van der Waals surface area contributed by atoms with Gasteiger partial charge in [0.05, 0.1) is 18.2 Å². The van der Waals surface area contributed by atoms with E-state index >= 15 is 0 Å². The fourth-order valence-corrected chi connectivity index (χ4v) is 5.19. The van der Waals surface area contributed by atoms with E-state index in [0.29, 0.717) is 52.8 Å². The van der Waals surface area contributed by atoms with Crippen molar-refractivity contribution in [1.82, 2.24) is 25.1 Å². The first-order valence-corrected chi connectivity index (χ1v) is 16.8. The van der Waals surface area contributed by atoms with E-state index in [0.717, 1.165) is 11.1 Å². The Kier molecular flexibility index (Phi) is 10.9. The van der Waals surface area contributed by atoms with Gasteiger partial charge in [-0.1, -0.05) is 90.8 Å². The number of nitrogens with zero attached hydrogens (tertiary/aromatic N) is 5. The second kappa shape index (κ2) is 14.2. The molecule has 1 saturated heterocycles. The lowest BCUT2D eigenvalue weighted by atomic mass is 9.93. The number of carbonyl (C=O) groups excluding carboxylic acids is 2. The number of piperazine rings is 1. The minimum Gasteiger partial charge on any atom is -0.477 e. The molecule has 3 amide bonds. The molecule has 228 valence electrons. The second-order valence-corrected chi connectivity index (χ2v) is 11.8. The highest BCUT2D eigenvalue weighted by molar-refractivity contribution is 14.1. The highest BCUT2D eigenvalue weighted by Crippen LogP contribution is 2.45. The molecular weight excluding hydrogens is 702 g/mol. The predicted octanol–water partition coefficient (Wildman–Crippen LogP) is 6.63. The van der Waals surface area contributed by atoms with Crippen molar-refractivity contribution in [3.63, 3.8) is 0 Å². The fraction of sp³-hybridized carbons (Fsp3) is 0.387. The van der Waals surface area contributed by atoms with Crippen LogP contribution in [0.15, 0.2) is 59.7 Å². The average molecular weight is 737 g/mol. The molecule has 9 nitrogen and oxygen atoms in total. The fourth-order valence-electron chi connectivity index (χ4n) is 4.94. The number of hydrogen-bond donors (Lipinski definition) is 1. The molecule has 1 fully saturated rings. The quantitative estimate of drug-likeness (QED) is 0.234. The number of carbonyl (C=O) groups is 2. The van der Waals surface area contributed by atoms with Gasteiger partial charge in [-0.25, -0.2) is 9.78 Å². The Balaban J connectivity index is 0.00000207. The predicted molar refractivity (Wildman–Crippen MR) is 179 cm³/mol. The minimum absolute atomic E-state index is 0.0562. The maximum Gasteiger partial charge on any atom is 0.326 e. The molecule has 1 aromatic heterocycles. The van der Waals surface area contributed by atoms with Gasteiger partial charge in [-0.2, -0.15) is 4.98 Å². The van der Waals surface area contributed by atoms with Crippen LogP contribution in [0.2, 0.25) is 10.0 Å². The number of alkyl halides is 1. The van der Waals surface area contributed by atoms with Crippen molar-refractivity contribution in [2.24, 2.45) is 4.99 Å². The van der Waals surface area contributed by atoms with Crippen LogP contribution in [-0.4, -0.2) is 68.7 Å². The first-order chi connectivity index (χ1) is 20.6. The largest absolute Gasteiger partial charge is 0.477 e. The van der Waals surface area contributed by atoms with Crippen molar-refractivity contribution in [2.45, 2.75) is 45.2 Å². The lowest BCUT2D eigenvalue weighted by Gasteiger charge is -2.35. The Morgan fingerprint density at radius 1 is 1.05 bits per heavy atom. The van der Waals surface area contributed by atoms with Crippen molar-refractivity contribution in [3.05, 3.63) is 87.3 Å². The summed E-state index contributed by atoms with van der Waals surface area (Å²) in [5.74, 6) is 1.10. The molecule has 1 N–H and O–H groups in total. The zero-order chi connectivity index (χ0) is 31.3. The average Bonchev–Trinajstić information content (AvgIpc) is 3.38. The third-order valence-electron chi connectivity index (χ3n) is 6.95. The van der Waals surface area contributed by atoms with Crippen molar-refractivity contribution in [1.29, 1.82) is 0 Å². The second-order valence-electron chi connectivity index (χ2n) is 11.0. The minimum atomic E-state index is -0.558. The monoisotopic (exact) mass is 736 g/mol. The van der Waals surface area contributed by atoms with Crippen LogP contribution in [0, 0.1) is 0 Å². The van der Waals surface area contributed by atoms with Crippen LogP contribution in [-0.2, 0) is 10.2 Å². The zero-order valence-electron chi connectivity index (χ0n) is 24.8. The standard InChI is InChI=1S/C30H32Cl2N6O3.CH3I/c1-5-41-27-22(16-34-28(36-27)30(2,3)4)26-35-24(18-6-10-20(31)11-7-18)25(19-8-12-21(32)13-9-19)38(26)29(40)37-15-14-33-23(39)17-37;1-2/h6-13,16,24-25H,5,14-15,17H2,1-4H3,(H,33,39);1H3/t24-,25+;/m0./s1. The Labute approximate surface area is 276 Å². The van der Waals surface area contributed by atoms with Gasteiger partial charge in [-0.3, -0.25) is 14.7 Å². The summed E-state index contributed by atoms with van der Waals surface area (Å²) >= 11 is 14.6. The third kappa shape index (κ3) is 7.41. The molecule has 0 spiro atoms. The van der Waals surface area contributed by atoms with Gasteiger partial charge in [-0.05, 0) is 47.2 Å². The van der Waals surface area contributed by atoms with E-state index in [4.69, 9.17) is 37.9 Å². The van der Waals surface area contributed by atoms with Gasteiger partial charge in [0.25, 0.3) is 0 Å². The smallest absolute Gasteiger partial charge is 0.326 e. The van der Waals surface area contributed by atoms with Crippen molar-refractivity contribution < 1.29 is 14.3 Å². The number of aliphatic imine (C=N–C) groups is 1. The number of amidine groups is 1. The van der Waals surface area contributed by atoms with Crippen LogP contribution in [0.5, 0.6) is 5.88 Å². The van der Waals surface area contributed by atoms with Crippen molar-refractivity contribution in [2.75, 3.05) is 31.2 Å². The van der Waals surface area contributed by atoms with Gasteiger partial charge in [0.1, 0.15) is 24.2 Å². The van der Waals surface area contributed by atoms with Crippen LogP contribution in [0.4, 0.5) is 4.79 Å². The SMILES string of the molecule is CCOc1nc(C(C)(C)C)ncc1C1=N[C@@H](c2ccc(Cl)cc2)[C@@H](c2ccc(Cl)cc2)N1C(=O)N1CCNC(=O)C1.CI. The zero-order valence-corrected chi connectivity index (χ0v) is 28.4. The summed E-state index contributed by atoms with van der Waals surface area (Å²) in [6.45, 7) is 8.98. The molecule has 43 heavy (non-hydrogen) atoms. The first-order valence-electron chi connectivity index (χ1n) is 13.9. The summed E-state index contributed by atoms with van der Waals surface area (Å²) in [5.41, 5.74) is 1.86. The molecule has 2 aromatic carbocycles. The van der Waals surface area contributed by atoms with E-state index in [1.807, 2.05) is 56.9 Å². The number of halogens is 3. The number of benzene rings is 2. The van der Waals surface area contributed by atoms with Gasteiger partial charge >= 0.3 is 6.03 Å². The Bertz CT molecular complexity index is 1480. The molecule has 2 aliphatic rings. The normalized spacial score (nSPS) is 18.4. The molecule has 2 atom stereocenters. The van der Waals surface area contributed by atoms with E-state index in [-0.39, 0.29) is 23.9 Å². The lowest BCUT2D eigenvalue weighted by molar-refractivity contribution is -0.123. The Hall–Kier alpha value is -2.96. The van der Waals surface area contributed by atoms with E-state index in [2.05, 4.69) is 32.9 Å². The molecule has 3 aromatic rings. The van der Waals surface area contributed by atoms with Crippen LogP contribution in [0.1, 0.15) is 62.3 Å². The van der Waals surface area contributed by atoms with Gasteiger partial charge in [0.15, 0.2) is 0 Å². The van der Waals surface area contributed by atoms with Crippen LogP contribution < -0.4 is 10.1 Å². The van der Waals surface area contributed by atoms with Gasteiger partial charge in [-0.15, -0.1) is 0 Å². The summed E-state index contributed by atoms with van der Waals surface area (Å²) in [7, 11) is 0. The number of ether oxygens (including phenoxy) is 1. The van der Waals surface area contributed by atoms with Crippen molar-refractivity contribution in [3.8, 4) is 5.88 Å². The van der Waals surface area contributed by atoms with Gasteiger partial charge in [0.2, 0.25) is 11.8 Å². The summed E-state index contributed by atoms with van der Waals surface area (Å²) in [6, 6.07) is 13.4. The summed E-state index contributed by atoms with van der Waals surface area (Å²) in [5, 5.41) is 3.96. The molecule has 0 unspecified atom stereocenters. The number of rotatable bonds is 5. The summed E-state index contributed by atoms with van der Waals surface area (Å²) in [6.07, 6.45) is 1.67. The maximum atomic E-state index is 14.4. The summed E-state index contributed by atoms with van der Waals surface area (Å²) < 4.78 is 6.01. The number of nitrogens with one attached hydrogen (secondary N) is 1. The topological polar surface area (TPSA) is 100 Å². The van der Waals surface area contributed by atoms with E-state index in [9.17, 15) is 9.59 Å². The number of urea groups is 1. The lowest BCUT2D eigenvalue weighted by Crippen LogP contribution is -2.55. The Morgan fingerprint density at radius 3 is 2.21 bits per heavy atom. The highest BCUT2D eigenvalue weighted by atomic mass is 127. The molecule has 0 radical (unpaired) electrons. The highest BCUT2D eigenvalue weighted by Gasteiger charge is 2.45. The summed E-state index contributed by atoms with van der Waals surface area (Å²) in [4.78, 5) is 46.4. The molecular formula is C31H35Cl2IN6O3. The molecule has 5 rings (SSSR count). The van der Waals surface area contributed by atoms with E-state index in [1.165, 1.54) is 4.90 Å². The number of amides is 3. The molecule has 0 aliphatic carbocycles. The van der Waals surface area contributed by atoms with Crippen LogP contribution in [0.3, 0.4) is 0 Å². The van der Waals surface area contributed by atoms with Gasteiger partial charge < -0.3 is 15.0 Å². The molecule has 2 aliphatic heterocycles. The Morgan fingerprint density at radius 2 is 1.65 bits per heavy atom. The molecule has 12 heteroatoms. The number of hydrogen-bond acceptors (Lipinski definition) is 6. The van der Waals surface area contributed by atoms with Crippen LogP contribution in [0.25, 0.3) is 0 Å². The van der Waals surface area contributed by atoms with Crippen molar-refractivity contribution >= 4 is 63.6 Å². The maximum absolute atomic E-state index is 14.4. The third-order valence-corrected chi connectivity index (χ3v) is 7.46. The van der Waals surface area contributed by atoms with E-state index in [1.54, 1.807) is 35.4 Å². The van der Waals surface area contributed by atoms with Gasteiger partial charge in [0, 0.05) is 34.7 Å². The first kappa shape index (κ1) is 32.9. The molecule has 3 heterocycles.